The fourth-order valence-corrected chi connectivity index (χ4v) is 3.16. The minimum absolute atomic E-state index is 0.0522. The van der Waals surface area contributed by atoms with Crippen molar-refractivity contribution in [2.75, 3.05) is 0 Å². The highest BCUT2D eigenvalue weighted by atomic mass is 16.2. The van der Waals surface area contributed by atoms with Crippen LogP contribution in [0, 0.1) is 13.8 Å². The van der Waals surface area contributed by atoms with Crippen LogP contribution < -0.4 is 5.32 Å². The van der Waals surface area contributed by atoms with Gasteiger partial charge in [0, 0.05) is 12.1 Å². The van der Waals surface area contributed by atoms with Crippen molar-refractivity contribution in [2.24, 2.45) is 0 Å². The molecule has 4 heteroatoms. The summed E-state index contributed by atoms with van der Waals surface area (Å²) in [5.41, 5.74) is 3.89. The molecule has 0 unspecified atom stereocenters. The van der Waals surface area contributed by atoms with E-state index in [2.05, 4.69) is 11.4 Å². The number of aryl methyl sites for hydroxylation is 2. The van der Waals surface area contributed by atoms with Crippen LogP contribution in [0.4, 0.5) is 0 Å². The first-order valence-electron chi connectivity index (χ1n) is 9.78. The van der Waals surface area contributed by atoms with Gasteiger partial charge in [-0.05, 0) is 52.7 Å². The standard InChI is InChI=1S/C24H32N2O2/c1-17-9-7-11-20(13-17)15-22(27)26(16-21-12-8-10-18(2)14-21)19(3)23(28)25-24(4,5)6/h7-14,19H,15-16H2,1-6H3,(H,25,28)/t19-/m0/s1. The zero-order valence-corrected chi connectivity index (χ0v) is 17.9. The molecular formula is C24H32N2O2. The maximum absolute atomic E-state index is 13.2. The lowest BCUT2D eigenvalue weighted by atomic mass is 10.0. The Morgan fingerprint density at radius 1 is 0.964 bits per heavy atom. The number of rotatable bonds is 6. The molecule has 0 fully saturated rings. The fourth-order valence-electron chi connectivity index (χ4n) is 3.16. The third kappa shape index (κ3) is 6.52. The molecule has 1 atom stereocenters. The molecule has 0 bridgehead atoms. The van der Waals surface area contributed by atoms with Crippen molar-refractivity contribution in [3.63, 3.8) is 0 Å². The van der Waals surface area contributed by atoms with E-state index in [1.54, 1.807) is 11.8 Å². The second-order valence-corrected chi connectivity index (χ2v) is 8.59. The largest absolute Gasteiger partial charge is 0.350 e. The van der Waals surface area contributed by atoms with Crippen molar-refractivity contribution in [1.29, 1.82) is 0 Å². The lowest BCUT2D eigenvalue weighted by molar-refractivity contribution is -0.140. The predicted octanol–water partition coefficient (Wildman–Crippen LogP) is 4.18. The van der Waals surface area contributed by atoms with Crippen LogP contribution in [0.1, 0.15) is 49.9 Å². The lowest BCUT2D eigenvalue weighted by Crippen LogP contribution is -2.52. The van der Waals surface area contributed by atoms with Crippen LogP contribution in [0.25, 0.3) is 0 Å². The molecule has 0 aliphatic heterocycles. The van der Waals surface area contributed by atoms with Gasteiger partial charge in [0.15, 0.2) is 0 Å². The second-order valence-electron chi connectivity index (χ2n) is 8.59. The molecule has 1 N–H and O–H groups in total. The second kappa shape index (κ2) is 9.05. The zero-order valence-electron chi connectivity index (χ0n) is 17.9. The summed E-state index contributed by atoms with van der Waals surface area (Å²) in [6.07, 6.45) is 0.278. The molecule has 4 nitrogen and oxygen atoms in total. The Morgan fingerprint density at radius 2 is 1.50 bits per heavy atom. The van der Waals surface area contributed by atoms with Gasteiger partial charge >= 0.3 is 0 Å². The Morgan fingerprint density at radius 3 is 2.04 bits per heavy atom. The zero-order chi connectivity index (χ0) is 20.9. The summed E-state index contributed by atoms with van der Waals surface area (Å²) in [5, 5.41) is 2.99. The van der Waals surface area contributed by atoms with Crippen LogP contribution in [-0.2, 0) is 22.6 Å². The van der Waals surface area contributed by atoms with E-state index in [4.69, 9.17) is 0 Å². The van der Waals surface area contributed by atoms with Gasteiger partial charge in [-0.1, -0.05) is 59.7 Å². The maximum Gasteiger partial charge on any atom is 0.242 e. The highest BCUT2D eigenvalue weighted by Gasteiger charge is 2.28. The van der Waals surface area contributed by atoms with Crippen LogP contribution in [0.5, 0.6) is 0 Å². The Balaban J connectivity index is 2.26. The van der Waals surface area contributed by atoms with E-state index in [0.717, 1.165) is 22.3 Å². The number of nitrogens with zero attached hydrogens (tertiary/aromatic N) is 1. The minimum Gasteiger partial charge on any atom is -0.350 e. The van der Waals surface area contributed by atoms with E-state index in [-0.39, 0.29) is 23.8 Å². The third-order valence-electron chi connectivity index (χ3n) is 4.54. The molecule has 0 spiro atoms. The van der Waals surface area contributed by atoms with Crippen LogP contribution in [-0.4, -0.2) is 28.3 Å². The molecule has 0 aliphatic carbocycles. The summed E-state index contributed by atoms with van der Waals surface area (Å²) >= 11 is 0. The average Bonchev–Trinajstić information content (AvgIpc) is 2.57. The molecule has 2 rings (SSSR count). The number of benzene rings is 2. The summed E-state index contributed by atoms with van der Waals surface area (Å²) in [6.45, 7) is 12.1. The fraction of sp³-hybridized carbons (Fsp3) is 0.417. The van der Waals surface area contributed by atoms with Gasteiger partial charge < -0.3 is 10.2 Å². The van der Waals surface area contributed by atoms with Gasteiger partial charge in [-0.3, -0.25) is 9.59 Å². The van der Waals surface area contributed by atoms with Gasteiger partial charge in [-0.15, -0.1) is 0 Å². The van der Waals surface area contributed by atoms with Crippen molar-refractivity contribution in [3.05, 3.63) is 70.8 Å². The molecule has 150 valence electrons. The molecule has 2 amide bonds. The first-order chi connectivity index (χ1) is 13.0. The number of carbonyl (C=O) groups is 2. The van der Waals surface area contributed by atoms with E-state index in [9.17, 15) is 9.59 Å². The summed E-state index contributed by atoms with van der Waals surface area (Å²) in [5.74, 6) is -0.193. The number of hydrogen-bond acceptors (Lipinski definition) is 2. The normalized spacial score (nSPS) is 12.4. The molecule has 0 saturated heterocycles. The molecular weight excluding hydrogens is 348 g/mol. The Kier molecular flexibility index (Phi) is 7.00. The van der Waals surface area contributed by atoms with E-state index < -0.39 is 6.04 Å². The third-order valence-corrected chi connectivity index (χ3v) is 4.54. The SMILES string of the molecule is Cc1cccc(CC(=O)N(Cc2cccc(C)c2)[C@@H](C)C(=O)NC(C)(C)C)c1. The Bertz CT molecular complexity index is 836. The topological polar surface area (TPSA) is 49.4 Å². The molecule has 0 aliphatic rings. The Labute approximate surface area is 169 Å². The van der Waals surface area contributed by atoms with Crippen LogP contribution in [0.15, 0.2) is 48.5 Å². The molecule has 0 radical (unpaired) electrons. The smallest absolute Gasteiger partial charge is 0.242 e. The van der Waals surface area contributed by atoms with Gasteiger partial charge in [0.2, 0.25) is 11.8 Å². The van der Waals surface area contributed by atoms with E-state index in [1.807, 2.05) is 77.1 Å². The van der Waals surface area contributed by atoms with E-state index in [0.29, 0.717) is 6.54 Å². The van der Waals surface area contributed by atoms with Gasteiger partial charge in [-0.25, -0.2) is 0 Å². The molecule has 0 heterocycles. The number of nitrogens with one attached hydrogen (secondary N) is 1. The summed E-state index contributed by atoms with van der Waals surface area (Å²) in [6, 6.07) is 15.4. The van der Waals surface area contributed by atoms with Crippen LogP contribution in [0.3, 0.4) is 0 Å². The highest BCUT2D eigenvalue weighted by molar-refractivity contribution is 5.88. The van der Waals surface area contributed by atoms with Gasteiger partial charge in [0.25, 0.3) is 0 Å². The van der Waals surface area contributed by atoms with Crippen molar-refractivity contribution in [1.82, 2.24) is 10.2 Å². The highest BCUT2D eigenvalue weighted by Crippen LogP contribution is 2.15. The first-order valence-corrected chi connectivity index (χ1v) is 9.78. The lowest BCUT2D eigenvalue weighted by Gasteiger charge is -2.31. The van der Waals surface area contributed by atoms with Crippen molar-refractivity contribution in [3.8, 4) is 0 Å². The maximum atomic E-state index is 13.2. The number of carbonyl (C=O) groups excluding carboxylic acids is 2. The van der Waals surface area contributed by atoms with Crippen molar-refractivity contribution < 1.29 is 9.59 Å². The molecule has 0 aromatic heterocycles. The minimum atomic E-state index is -0.558. The van der Waals surface area contributed by atoms with Gasteiger partial charge in [0.05, 0.1) is 6.42 Å². The van der Waals surface area contributed by atoms with E-state index in [1.165, 1.54) is 0 Å². The average molecular weight is 381 g/mol. The van der Waals surface area contributed by atoms with Gasteiger partial charge in [0.1, 0.15) is 6.04 Å². The van der Waals surface area contributed by atoms with Crippen LogP contribution >= 0.6 is 0 Å². The predicted molar refractivity (Wildman–Crippen MR) is 114 cm³/mol. The quantitative estimate of drug-likeness (QED) is 0.817. The monoisotopic (exact) mass is 380 g/mol. The van der Waals surface area contributed by atoms with Crippen molar-refractivity contribution in [2.45, 2.75) is 66.1 Å². The molecule has 2 aromatic rings. The molecule has 0 saturated carbocycles. The molecule has 2 aromatic carbocycles. The number of amides is 2. The first kappa shape index (κ1) is 21.7. The molecule has 28 heavy (non-hydrogen) atoms. The summed E-state index contributed by atoms with van der Waals surface area (Å²) < 4.78 is 0. The van der Waals surface area contributed by atoms with Crippen LogP contribution in [0.2, 0.25) is 0 Å². The summed E-state index contributed by atoms with van der Waals surface area (Å²) in [7, 11) is 0. The van der Waals surface area contributed by atoms with E-state index >= 15 is 0 Å². The number of hydrogen-bond donors (Lipinski definition) is 1. The Hall–Kier alpha value is -2.62. The summed E-state index contributed by atoms with van der Waals surface area (Å²) in [4.78, 5) is 27.6. The van der Waals surface area contributed by atoms with Gasteiger partial charge in [-0.2, -0.15) is 0 Å². The van der Waals surface area contributed by atoms with Crippen molar-refractivity contribution >= 4 is 11.8 Å².